The van der Waals surface area contributed by atoms with E-state index in [9.17, 15) is 14.4 Å². The van der Waals surface area contributed by atoms with Crippen molar-refractivity contribution < 1.29 is 19.1 Å². The summed E-state index contributed by atoms with van der Waals surface area (Å²) in [7, 11) is 1.20. The standard InChI is InChI=1S/C20H15Cl2N3O4/c1-10-13(22)7-4-8-14(10)24-18(26)15-16(20(28)29-2)23-25(17(15)19(24)27)12-6-3-5-11(21)9-12/h3-9,15,17H,1-2H3. The number of anilines is 2. The molecule has 0 saturated carbocycles. The lowest BCUT2D eigenvalue weighted by atomic mass is 9.98. The van der Waals surface area contributed by atoms with Gasteiger partial charge in [-0.2, -0.15) is 5.10 Å². The minimum absolute atomic E-state index is 0.127. The second-order valence-corrected chi connectivity index (χ2v) is 7.46. The molecular formula is C20H15Cl2N3O4. The molecule has 1 fully saturated rings. The maximum absolute atomic E-state index is 13.3. The number of hydrazone groups is 1. The van der Waals surface area contributed by atoms with Crippen LogP contribution in [-0.4, -0.2) is 36.6 Å². The molecule has 2 aliphatic rings. The van der Waals surface area contributed by atoms with Gasteiger partial charge in [0.1, 0.15) is 12.0 Å². The highest BCUT2D eigenvalue weighted by atomic mass is 35.5. The Morgan fingerprint density at radius 2 is 1.83 bits per heavy atom. The molecule has 0 radical (unpaired) electrons. The van der Waals surface area contributed by atoms with Crippen molar-refractivity contribution in [3.63, 3.8) is 0 Å². The third-order valence-corrected chi connectivity index (χ3v) is 5.64. The molecule has 0 spiro atoms. The van der Waals surface area contributed by atoms with E-state index in [1.807, 2.05) is 0 Å². The van der Waals surface area contributed by atoms with Crippen LogP contribution in [0.15, 0.2) is 47.6 Å². The van der Waals surface area contributed by atoms with Crippen molar-refractivity contribution in [1.29, 1.82) is 0 Å². The van der Waals surface area contributed by atoms with Gasteiger partial charge in [-0.05, 0) is 42.8 Å². The second-order valence-electron chi connectivity index (χ2n) is 6.62. The molecule has 0 bridgehead atoms. The molecule has 0 N–H and O–H groups in total. The van der Waals surface area contributed by atoms with Crippen LogP contribution in [0.1, 0.15) is 5.56 Å². The van der Waals surface area contributed by atoms with Crippen LogP contribution in [0, 0.1) is 12.8 Å². The molecule has 2 aliphatic heterocycles. The molecule has 148 valence electrons. The number of benzene rings is 2. The maximum atomic E-state index is 13.3. The first-order valence-electron chi connectivity index (χ1n) is 8.69. The number of fused-ring (bicyclic) bond motifs is 1. The predicted octanol–water partition coefficient (Wildman–Crippen LogP) is 3.21. The van der Waals surface area contributed by atoms with Gasteiger partial charge in [-0.1, -0.05) is 35.3 Å². The Hall–Kier alpha value is -2.90. The van der Waals surface area contributed by atoms with Crippen molar-refractivity contribution in [3.05, 3.63) is 58.1 Å². The number of amides is 2. The minimum atomic E-state index is -1.09. The summed E-state index contributed by atoms with van der Waals surface area (Å²) in [6.45, 7) is 1.72. The third kappa shape index (κ3) is 2.97. The van der Waals surface area contributed by atoms with Crippen molar-refractivity contribution in [3.8, 4) is 0 Å². The van der Waals surface area contributed by atoms with E-state index in [1.165, 1.54) is 12.1 Å². The Balaban J connectivity index is 1.84. The van der Waals surface area contributed by atoms with Gasteiger partial charge in [0.15, 0.2) is 5.71 Å². The number of esters is 1. The molecule has 9 heteroatoms. The number of hydrogen-bond acceptors (Lipinski definition) is 6. The average molecular weight is 432 g/mol. The van der Waals surface area contributed by atoms with Crippen molar-refractivity contribution in [2.24, 2.45) is 11.0 Å². The van der Waals surface area contributed by atoms with Gasteiger partial charge in [0.05, 0.1) is 18.5 Å². The van der Waals surface area contributed by atoms with Crippen LogP contribution >= 0.6 is 23.2 Å². The van der Waals surface area contributed by atoms with Gasteiger partial charge in [-0.3, -0.25) is 14.6 Å². The predicted molar refractivity (Wildman–Crippen MR) is 109 cm³/mol. The maximum Gasteiger partial charge on any atom is 0.355 e. The zero-order chi connectivity index (χ0) is 20.9. The zero-order valence-corrected chi connectivity index (χ0v) is 16.9. The topological polar surface area (TPSA) is 79.3 Å². The van der Waals surface area contributed by atoms with E-state index in [2.05, 4.69) is 5.10 Å². The molecule has 1 saturated heterocycles. The molecule has 2 heterocycles. The number of carbonyl (C=O) groups excluding carboxylic acids is 3. The highest BCUT2D eigenvalue weighted by molar-refractivity contribution is 6.47. The Bertz CT molecular complexity index is 1090. The number of hydrogen-bond donors (Lipinski definition) is 0. The largest absolute Gasteiger partial charge is 0.464 e. The molecule has 0 aliphatic carbocycles. The van der Waals surface area contributed by atoms with Crippen LogP contribution < -0.4 is 9.91 Å². The molecule has 29 heavy (non-hydrogen) atoms. The SMILES string of the molecule is COC(=O)C1=NN(c2cccc(Cl)c2)C2C(=O)N(c3cccc(Cl)c3C)C(=O)C12. The summed E-state index contributed by atoms with van der Waals surface area (Å²) in [6, 6.07) is 10.6. The van der Waals surface area contributed by atoms with Crippen molar-refractivity contribution in [2.45, 2.75) is 13.0 Å². The summed E-state index contributed by atoms with van der Waals surface area (Å²) in [5.41, 5.74) is 1.31. The highest BCUT2D eigenvalue weighted by Crippen LogP contribution is 2.40. The van der Waals surface area contributed by atoms with E-state index in [-0.39, 0.29) is 5.71 Å². The van der Waals surface area contributed by atoms with E-state index in [0.29, 0.717) is 27.0 Å². The first kappa shape index (κ1) is 19.4. The average Bonchev–Trinajstić information content (AvgIpc) is 3.21. The number of imide groups is 1. The Morgan fingerprint density at radius 3 is 2.52 bits per heavy atom. The van der Waals surface area contributed by atoms with Gasteiger partial charge in [-0.25, -0.2) is 9.69 Å². The van der Waals surface area contributed by atoms with E-state index in [0.717, 1.165) is 4.90 Å². The zero-order valence-electron chi connectivity index (χ0n) is 15.4. The fraction of sp³-hybridized carbons (Fsp3) is 0.200. The summed E-state index contributed by atoms with van der Waals surface area (Å²) < 4.78 is 4.79. The lowest BCUT2D eigenvalue weighted by Gasteiger charge is -2.23. The summed E-state index contributed by atoms with van der Waals surface area (Å²) in [4.78, 5) is 40.0. The minimum Gasteiger partial charge on any atom is -0.464 e. The van der Waals surface area contributed by atoms with Gasteiger partial charge in [-0.15, -0.1) is 0 Å². The fourth-order valence-electron chi connectivity index (χ4n) is 3.60. The molecule has 2 amide bonds. The molecule has 2 aromatic carbocycles. The van der Waals surface area contributed by atoms with Crippen molar-refractivity contribution in [2.75, 3.05) is 17.0 Å². The second kappa shape index (κ2) is 7.17. The van der Waals surface area contributed by atoms with Crippen LogP contribution in [0.2, 0.25) is 10.0 Å². The smallest absolute Gasteiger partial charge is 0.355 e. The first-order valence-corrected chi connectivity index (χ1v) is 9.45. The number of methoxy groups -OCH3 is 1. The van der Waals surface area contributed by atoms with Crippen molar-refractivity contribution in [1.82, 2.24) is 0 Å². The van der Waals surface area contributed by atoms with Gasteiger partial charge >= 0.3 is 5.97 Å². The van der Waals surface area contributed by atoms with E-state index in [1.54, 1.807) is 49.4 Å². The number of rotatable bonds is 3. The molecule has 2 aromatic rings. The fourth-order valence-corrected chi connectivity index (χ4v) is 3.95. The summed E-state index contributed by atoms with van der Waals surface area (Å²) >= 11 is 12.3. The number of ether oxygens (including phenoxy) is 1. The molecule has 2 unspecified atom stereocenters. The molecule has 2 atom stereocenters. The van der Waals surface area contributed by atoms with Crippen LogP contribution in [0.3, 0.4) is 0 Å². The van der Waals surface area contributed by atoms with E-state index in [4.69, 9.17) is 27.9 Å². The van der Waals surface area contributed by atoms with E-state index < -0.39 is 29.7 Å². The van der Waals surface area contributed by atoms with Gasteiger partial charge < -0.3 is 4.74 Å². The highest BCUT2D eigenvalue weighted by Gasteiger charge is 2.59. The number of halogens is 2. The van der Waals surface area contributed by atoms with Gasteiger partial charge in [0.25, 0.3) is 5.91 Å². The Kier molecular flexibility index (Phi) is 4.80. The normalized spacial score (nSPS) is 20.8. The molecule has 0 aromatic heterocycles. The van der Waals surface area contributed by atoms with Crippen LogP contribution in [0.4, 0.5) is 11.4 Å². The van der Waals surface area contributed by atoms with Crippen LogP contribution in [-0.2, 0) is 19.1 Å². The number of carbonyl (C=O) groups is 3. The molecule has 4 rings (SSSR count). The molecule has 7 nitrogen and oxygen atoms in total. The van der Waals surface area contributed by atoms with Crippen LogP contribution in [0.5, 0.6) is 0 Å². The Labute approximate surface area is 176 Å². The lowest BCUT2D eigenvalue weighted by Crippen LogP contribution is -2.39. The Morgan fingerprint density at radius 1 is 1.10 bits per heavy atom. The monoisotopic (exact) mass is 431 g/mol. The first-order chi connectivity index (χ1) is 13.8. The summed E-state index contributed by atoms with van der Waals surface area (Å²) in [6.07, 6.45) is 0. The van der Waals surface area contributed by atoms with Gasteiger partial charge in [0, 0.05) is 10.0 Å². The quantitative estimate of drug-likeness (QED) is 0.550. The number of nitrogens with zero attached hydrogens (tertiary/aromatic N) is 3. The van der Waals surface area contributed by atoms with Crippen LogP contribution in [0.25, 0.3) is 0 Å². The molecular weight excluding hydrogens is 417 g/mol. The van der Waals surface area contributed by atoms with Gasteiger partial charge in [0.2, 0.25) is 5.91 Å². The lowest BCUT2D eigenvalue weighted by molar-refractivity contribution is -0.133. The summed E-state index contributed by atoms with van der Waals surface area (Å²) in [5, 5.41) is 6.45. The van der Waals surface area contributed by atoms with Crippen molar-refractivity contribution >= 4 is 58.1 Å². The third-order valence-electron chi connectivity index (χ3n) is 5.00. The summed E-state index contributed by atoms with van der Waals surface area (Å²) in [5.74, 6) is -2.92. The van der Waals surface area contributed by atoms with E-state index >= 15 is 0 Å².